The summed E-state index contributed by atoms with van der Waals surface area (Å²) in [4.78, 5) is 4.16. The van der Waals surface area contributed by atoms with Crippen molar-refractivity contribution in [2.24, 2.45) is 5.92 Å². The minimum Gasteiger partial charge on any atom is -0.480 e. The van der Waals surface area contributed by atoms with Crippen molar-refractivity contribution in [3.63, 3.8) is 0 Å². The number of pyridine rings is 1. The van der Waals surface area contributed by atoms with E-state index in [0.29, 0.717) is 5.88 Å². The van der Waals surface area contributed by atoms with Crippen molar-refractivity contribution in [3.05, 3.63) is 16.7 Å². The number of halogens is 1. The summed E-state index contributed by atoms with van der Waals surface area (Å²) in [7, 11) is 1.64. The average molecular weight is 257 g/mol. The molecule has 0 bridgehead atoms. The quantitative estimate of drug-likeness (QED) is 0.900. The minimum atomic E-state index is 0.661. The van der Waals surface area contributed by atoms with Crippen LogP contribution in [0, 0.1) is 5.92 Å². The van der Waals surface area contributed by atoms with Crippen LogP contribution in [0.3, 0.4) is 0 Å². The van der Waals surface area contributed by atoms with Crippen LogP contribution >= 0.6 is 15.9 Å². The molecule has 1 aliphatic rings. The molecule has 0 aliphatic heterocycles. The van der Waals surface area contributed by atoms with Crippen LogP contribution in [0.4, 0.5) is 5.69 Å². The molecular weight excluding hydrogens is 244 g/mol. The highest BCUT2D eigenvalue weighted by molar-refractivity contribution is 9.10. The topological polar surface area (TPSA) is 34.1 Å². The zero-order valence-electron chi connectivity index (χ0n) is 8.09. The lowest BCUT2D eigenvalue weighted by atomic mass is 10.3. The van der Waals surface area contributed by atoms with Crippen LogP contribution in [0.1, 0.15) is 12.8 Å². The SMILES string of the molecule is COc1ncc(Br)cc1NCC1CC1. The third-order valence-electron chi connectivity index (χ3n) is 2.29. The van der Waals surface area contributed by atoms with Gasteiger partial charge in [0, 0.05) is 17.2 Å². The maximum atomic E-state index is 5.16. The molecule has 1 aliphatic carbocycles. The van der Waals surface area contributed by atoms with E-state index < -0.39 is 0 Å². The Bertz CT molecular complexity index is 326. The van der Waals surface area contributed by atoms with Crippen LogP contribution in [0.15, 0.2) is 16.7 Å². The summed E-state index contributed by atoms with van der Waals surface area (Å²) in [6.45, 7) is 1.02. The van der Waals surface area contributed by atoms with Gasteiger partial charge in [-0.15, -0.1) is 0 Å². The Morgan fingerprint density at radius 2 is 2.43 bits per heavy atom. The zero-order valence-corrected chi connectivity index (χ0v) is 9.67. The van der Waals surface area contributed by atoms with Crippen LogP contribution in [0.25, 0.3) is 0 Å². The fourth-order valence-corrected chi connectivity index (χ4v) is 1.62. The second kappa shape index (κ2) is 4.17. The van der Waals surface area contributed by atoms with Crippen LogP contribution in [0.2, 0.25) is 0 Å². The molecule has 0 spiro atoms. The van der Waals surface area contributed by atoms with E-state index in [2.05, 4.69) is 26.2 Å². The highest BCUT2D eigenvalue weighted by Gasteiger charge is 2.21. The number of nitrogens with one attached hydrogen (secondary N) is 1. The predicted molar refractivity (Wildman–Crippen MR) is 59.7 cm³/mol. The normalized spacial score (nSPS) is 15.3. The molecule has 0 radical (unpaired) electrons. The molecule has 1 saturated carbocycles. The molecule has 0 amide bonds. The van der Waals surface area contributed by atoms with E-state index in [0.717, 1.165) is 22.6 Å². The number of hydrogen-bond acceptors (Lipinski definition) is 3. The third-order valence-corrected chi connectivity index (χ3v) is 2.72. The first-order valence-electron chi connectivity index (χ1n) is 4.73. The molecule has 1 fully saturated rings. The first-order chi connectivity index (χ1) is 6.79. The van der Waals surface area contributed by atoms with Gasteiger partial charge in [-0.1, -0.05) is 0 Å². The first kappa shape index (κ1) is 9.77. The van der Waals surface area contributed by atoms with Crippen molar-refractivity contribution >= 4 is 21.6 Å². The first-order valence-corrected chi connectivity index (χ1v) is 5.52. The summed E-state index contributed by atoms with van der Waals surface area (Å²) in [5.41, 5.74) is 0.966. The van der Waals surface area contributed by atoms with E-state index in [4.69, 9.17) is 4.74 Å². The van der Waals surface area contributed by atoms with E-state index in [-0.39, 0.29) is 0 Å². The molecule has 1 aromatic rings. The summed E-state index contributed by atoms with van der Waals surface area (Å²) < 4.78 is 6.13. The number of methoxy groups -OCH3 is 1. The molecule has 1 aromatic heterocycles. The summed E-state index contributed by atoms with van der Waals surface area (Å²) in [5, 5.41) is 3.35. The second-order valence-corrected chi connectivity index (χ2v) is 4.45. The molecule has 1 N–H and O–H groups in total. The molecular formula is C10H13BrN2O. The van der Waals surface area contributed by atoms with Gasteiger partial charge in [-0.25, -0.2) is 4.98 Å². The van der Waals surface area contributed by atoms with Gasteiger partial charge in [-0.05, 0) is 40.8 Å². The summed E-state index contributed by atoms with van der Waals surface area (Å²) in [5.74, 6) is 1.51. The lowest BCUT2D eigenvalue weighted by molar-refractivity contribution is 0.399. The van der Waals surface area contributed by atoms with Gasteiger partial charge < -0.3 is 10.1 Å². The number of anilines is 1. The van der Waals surface area contributed by atoms with Gasteiger partial charge in [-0.3, -0.25) is 0 Å². The Morgan fingerprint density at radius 3 is 3.07 bits per heavy atom. The van der Waals surface area contributed by atoms with Gasteiger partial charge in [0.25, 0.3) is 0 Å². The van der Waals surface area contributed by atoms with Gasteiger partial charge in [0.15, 0.2) is 0 Å². The number of aromatic nitrogens is 1. The Hall–Kier alpha value is -0.770. The second-order valence-electron chi connectivity index (χ2n) is 3.53. The average Bonchev–Trinajstić information content (AvgIpc) is 2.98. The fraction of sp³-hybridized carbons (Fsp3) is 0.500. The van der Waals surface area contributed by atoms with Gasteiger partial charge in [0.2, 0.25) is 5.88 Å². The number of nitrogens with zero attached hydrogens (tertiary/aromatic N) is 1. The molecule has 76 valence electrons. The fourth-order valence-electron chi connectivity index (χ4n) is 1.29. The monoisotopic (exact) mass is 256 g/mol. The Labute approximate surface area is 92.0 Å². The van der Waals surface area contributed by atoms with Gasteiger partial charge in [0.05, 0.1) is 12.8 Å². The minimum absolute atomic E-state index is 0.661. The Kier molecular flexibility index (Phi) is 2.91. The summed E-state index contributed by atoms with van der Waals surface area (Å²) in [6, 6.07) is 1.99. The lowest BCUT2D eigenvalue weighted by Crippen LogP contribution is -2.05. The highest BCUT2D eigenvalue weighted by atomic mass is 79.9. The lowest BCUT2D eigenvalue weighted by Gasteiger charge is -2.09. The molecule has 0 aromatic carbocycles. The van der Waals surface area contributed by atoms with E-state index >= 15 is 0 Å². The summed E-state index contributed by atoms with van der Waals surface area (Å²) in [6.07, 6.45) is 4.43. The molecule has 2 rings (SSSR count). The molecule has 0 unspecified atom stereocenters. The van der Waals surface area contributed by atoms with Crippen molar-refractivity contribution in [2.75, 3.05) is 19.0 Å². The molecule has 14 heavy (non-hydrogen) atoms. The van der Waals surface area contributed by atoms with Gasteiger partial charge >= 0.3 is 0 Å². The highest BCUT2D eigenvalue weighted by Crippen LogP contribution is 2.31. The summed E-state index contributed by atoms with van der Waals surface area (Å²) >= 11 is 3.39. The van der Waals surface area contributed by atoms with Crippen LogP contribution in [0.5, 0.6) is 5.88 Å². The predicted octanol–water partition coefficient (Wildman–Crippen LogP) is 2.67. The van der Waals surface area contributed by atoms with Crippen molar-refractivity contribution in [1.29, 1.82) is 0 Å². The Balaban J connectivity index is 2.07. The van der Waals surface area contributed by atoms with Crippen LogP contribution < -0.4 is 10.1 Å². The smallest absolute Gasteiger partial charge is 0.237 e. The maximum Gasteiger partial charge on any atom is 0.237 e. The van der Waals surface area contributed by atoms with Crippen molar-refractivity contribution in [2.45, 2.75) is 12.8 Å². The van der Waals surface area contributed by atoms with E-state index in [1.54, 1.807) is 13.3 Å². The van der Waals surface area contributed by atoms with Crippen molar-refractivity contribution in [1.82, 2.24) is 4.98 Å². The maximum absolute atomic E-state index is 5.16. The van der Waals surface area contributed by atoms with Gasteiger partial charge in [0.1, 0.15) is 0 Å². The zero-order chi connectivity index (χ0) is 9.97. The van der Waals surface area contributed by atoms with E-state index in [1.807, 2.05) is 6.07 Å². The van der Waals surface area contributed by atoms with E-state index in [1.165, 1.54) is 12.8 Å². The van der Waals surface area contributed by atoms with Crippen LogP contribution in [-0.4, -0.2) is 18.6 Å². The standard InChI is InChI=1S/C10H13BrN2O/c1-14-10-9(4-8(11)6-13-10)12-5-7-2-3-7/h4,6-7,12H,2-3,5H2,1H3. The molecule has 4 heteroatoms. The third kappa shape index (κ3) is 2.38. The van der Waals surface area contributed by atoms with Crippen molar-refractivity contribution in [3.8, 4) is 5.88 Å². The molecule has 0 atom stereocenters. The van der Waals surface area contributed by atoms with Crippen molar-refractivity contribution < 1.29 is 4.74 Å². The number of ether oxygens (including phenoxy) is 1. The largest absolute Gasteiger partial charge is 0.480 e. The van der Waals surface area contributed by atoms with Gasteiger partial charge in [-0.2, -0.15) is 0 Å². The Morgan fingerprint density at radius 1 is 1.64 bits per heavy atom. The number of hydrogen-bond donors (Lipinski definition) is 1. The molecule has 0 saturated heterocycles. The number of rotatable bonds is 4. The van der Waals surface area contributed by atoms with E-state index in [9.17, 15) is 0 Å². The van der Waals surface area contributed by atoms with Crippen LogP contribution in [-0.2, 0) is 0 Å². The molecule has 1 heterocycles. The molecule has 3 nitrogen and oxygen atoms in total.